The van der Waals surface area contributed by atoms with E-state index >= 15 is 0 Å². The zero-order chi connectivity index (χ0) is 19.6. The minimum absolute atomic E-state index is 0.0124. The summed E-state index contributed by atoms with van der Waals surface area (Å²) < 4.78 is 10.8. The number of primary amides is 1. The van der Waals surface area contributed by atoms with Crippen molar-refractivity contribution in [1.29, 1.82) is 0 Å². The number of piperidine rings is 1. The minimum atomic E-state index is -0.978. The Labute approximate surface area is 158 Å². The Morgan fingerprint density at radius 1 is 1.19 bits per heavy atom. The van der Waals surface area contributed by atoms with Crippen LogP contribution in [0.4, 0.5) is 0 Å². The fourth-order valence-electron chi connectivity index (χ4n) is 4.17. The molecule has 2 N–H and O–H groups in total. The van der Waals surface area contributed by atoms with Crippen LogP contribution in [0.2, 0.25) is 0 Å². The normalized spacial score (nSPS) is 22.2. The molecule has 0 aliphatic carbocycles. The van der Waals surface area contributed by atoms with Gasteiger partial charge in [-0.25, -0.2) is 0 Å². The third-order valence-electron chi connectivity index (χ3n) is 5.52. The second-order valence-corrected chi connectivity index (χ2v) is 7.10. The van der Waals surface area contributed by atoms with Gasteiger partial charge in [0.25, 0.3) is 0 Å². The van der Waals surface area contributed by atoms with Gasteiger partial charge < -0.3 is 25.0 Å². The lowest BCUT2D eigenvalue weighted by Crippen LogP contribution is -2.50. The van der Waals surface area contributed by atoms with E-state index in [-0.39, 0.29) is 12.5 Å². The lowest BCUT2D eigenvalue weighted by atomic mass is 9.78. The summed E-state index contributed by atoms with van der Waals surface area (Å²) in [5, 5.41) is 0. The van der Waals surface area contributed by atoms with Gasteiger partial charge in [-0.2, -0.15) is 0 Å². The van der Waals surface area contributed by atoms with E-state index in [9.17, 15) is 14.4 Å². The van der Waals surface area contributed by atoms with Gasteiger partial charge in [0.15, 0.2) is 11.5 Å². The van der Waals surface area contributed by atoms with E-state index in [0.29, 0.717) is 44.0 Å². The second-order valence-electron chi connectivity index (χ2n) is 7.10. The van der Waals surface area contributed by atoms with Gasteiger partial charge >= 0.3 is 11.8 Å². The fourth-order valence-corrected chi connectivity index (χ4v) is 4.17. The van der Waals surface area contributed by atoms with Crippen LogP contribution in [0, 0.1) is 5.41 Å². The van der Waals surface area contributed by atoms with Crippen LogP contribution in [0.5, 0.6) is 11.5 Å². The number of carbonyl (C=O) groups is 3. The molecule has 3 rings (SSSR count). The number of likely N-dealkylation sites (tertiary alicyclic amines) is 2. The first-order valence-corrected chi connectivity index (χ1v) is 9.00. The SMILES string of the molecule is COc1cccc(CN2CCCC3(CCN(C(=O)C(N)=O)C3)C2=O)c1OC. The highest BCUT2D eigenvalue weighted by Crippen LogP contribution is 2.41. The Morgan fingerprint density at radius 2 is 1.96 bits per heavy atom. The van der Waals surface area contributed by atoms with Gasteiger partial charge in [0.2, 0.25) is 5.91 Å². The van der Waals surface area contributed by atoms with Gasteiger partial charge in [0, 0.05) is 31.7 Å². The van der Waals surface area contributed by atoms with Crippen molar-refractivity contribution in [2.75, 3.05) is 33.9 Å². The van der Waals surface area contributed by atoms with E-state index in [4.69, 9.17) is 15.2 Å². The molecule has 3 amide bonds. The number of hydrogen-bond acceptors (Lipinski definition) is 5. The van der Waals surface area contributed by atoms with Crippen LogP contribution in [-0.4, -0.2) is 61.4 Å². The first-order valence-electron chi connectivity index (χ1n) is 9.00. The summed E-state index contributed by atoms with van der Waals surface area (Å²) in [7, 11) is 3.15. The summed E-state index contributed by atoms with van der Waals surface area (Å²) in [6.45, 7) is 1.68. The number of hydrogen-bond donors (Lipinski definition) is 1. The number of methoxy groups -OCH3 is 2. The molecular formula is C19H25N3O5. The number of ether oxygens (including phenoxy) is 2. The van der Waals surface area contributed by atoms with Gasteiger partial charge in [0.05, 0.1) is 19.6 Å². The Kier molecular flexibility index (Phi) is 5.25. The smallest absolute Gasteiger partial charge is 0.311 e. The molecule has 2 aliphatic rings. The third kappa shape index (κ3) is 3.43. The molecule has 27 heavy (non-hydrogen) atoms. The molecule has 1 aromatic rings. The highest BCUT2D eigenvalue weighted by atomic mass is 16.5. The summed E-state index contributed by atoms with van der Waals surface area (Å²) in [5.74, 6) is -0.449. The molecule has 2 heterocycles. The van der Waals surface area contributed by atoms with Crippen molar-refractivity contribution in [3.63, 3.8) is 0 Å². The summed E-state index contributed by atoms with van der Waals surface area (Å²) >= 11 is 0. The maximum Gasteiger partial charge on any atom is 0.311 e. The van der Waals surface area contributed by atoms with Crippen LogP contribution < -0.4 is 15.2 Å². The molecule has 0 bridgehead atoms. The molecule has 146 valence electrons. The molecule has 0 saturated carbocycles. The minimum Gasteiger partial charge on any atom is -0.493 e. The topological polar surface area (TPSA) is 102 Å². The highest BCUT2D eigenvalue weighted by molar-refractivity contribution is 6.34. The second kappa shape index (κ2) is 7.46. The van der Waals surface area contributed by atoms with Crippen molar-refractivity contribution < 1.29 is 23.9 Å². The molecule has 1 spiro atoms. The van der Waals surface area contributed by atoms with Gasteiger partial charge in [-0.3, -0.25) is 14.4 Å². The highest BCUT2D eigenvalue weighted by Gasteiger charge is 2.49. The van der Waals surface area contributed by atoms with Crippen molar-refractivity contribution in [3.8, 4) is 11.5 Å². The number of nitrogens with two attached hydrogens (primary N) is 1. The van der Waals surface area contributed by atoms with Crippen molar-refractivity contribution in [2.24, 2.45) is 11.1 Å². The van der Waals surface area contributed by atoms with Crippen LogP contribution in [0.1, 0.15) is 24.8 Å². The average Bonchev–Trinajstić information content (AvgIpc) is 3.09. The number of para-hydroxylation sites is 1. The van der Waals surface area contributed by atoms with E-state index in [0.717, 1.165) is 12.0 Å². The van der Waals surface area contributed by atoms with Gasteiger partial charge in [0.1, 0.15) is 0 Å². The van der Waals surface area contributed by atoms with E-state index in [1.807, 2.05) is 18.2 Å². The molecule has 1 aromatic carbocycles. The van der Waals surface area contributed by atoms with Crippen LogP contribution in [0.15, 0.2) is 18.2 Å². The predicted molar refractivity (Wildman–Crippen MR) is 97.0 cm³/mol. The van der Waals surface area contributed by atoms with E-state index in [1.54, 1.807) is 19.1 Å². The number of benzene rings is 1. The van der Waals surface area contributed by atoms with Crippen LogP contribution in [-0.2, 0) is 20.9 Å². The Balaban J connectivity index is 1.79. The number of carbonyl (C=O) groups excluding carboxylic acids is 3. The first kappa shape index (κ1) is 19.0. The lowest BCUT2D eigenvalue weighted by Gasteiger charge is -2.39. The summed E-state index contributed by atoms with van der Waals surface area (Å²) in [6.07, 6.45) is 2.10. The molecule has 2 fully saturated rings. The van der Waals surface area contributed by atoms with E-state index in [2.05, 4.69) is 0 Å². The number of nitrogens with zero attached hydrogens (tertiary/aromatic N) is 2. The Morgan fingerprint density at radius 3 is 2.63 bits per heavy atom. The summed E-state index contributed by atoms with van der Waals surface area (Å²) in [6, 6.07) is 5.59. The molecule has 8 heteroatoms. The number of rotatable bonds is 4. The quantitative estimate of drug-likeness (QED) is 0.774. The molecule has 1 atom stereocenters. The zero-order valence-corrected chi connectivity index (χ0v) is 15.7. The Bertz CT molecular complexity index is 766. The molecule has 0 aromatic heterocycles. The molecule has 2 aliphatic heterocycles. The van der Waals surface area contributed by atoms with Crippen molar-refractivity contribution in [1.82, 2.24) is 9.80 Å². The van der Waals surface area contributed by atoms with Crippen molar-refractivity contribution in [3.05, 3.63) is 23.8 Å². The summed E-state index contributed by atoms with van der Waals surface area (Å²) in [4.78, 5) is 39.5. The van der Waals surface area contributed by atoms with E-state index < -0.39 is 17.2 Å². The lowest BCUT2D eigenvalue weighted by molar-refractivity contribution is -0.148. The zero-order valence-electron chi connectivity index (χ0n) is 15.7. The fraction of sp³-hybridized carbons (Fsp3) is 0.526. The number of amides is 3. The standard InChI is InChI=1S/C19H25N3O5/c1-26-14-6-3-5-13(15(14)27-2)11-21-9-4-7-19(18(21)25)8-10-22(12-19)17(24)16(20)23/h3,5-6H,4,7-12H2,1-2H3,(H2,20,23). The largest absolute Gasteiger partial charge is 0.493 e. The summed E-state index contributed by atoms with van der Waals surface area (Å²) in [5.41, 5.74) is 5.34. The van der Waals surface area contributed by atoms with Gasteiger partial charge in [-0.05, 0) is 25.3 Å². The predicted octanol–water partition coefficient (Wildman–Crippen LogP) is 0.530. The van der Waals surface area contributed by atoms with Crippen molar-refractivity contribution >= 4 is 17.7 Å². The third-order valence-corrected chi connectivity index (χ3v) is 5.52. The van der Waals surface area contributed by atoms with Crippen molar-refractivity contribution in [2.45, 2.75) is 25.8 Å². The monoisotopic (exact) mass is 375 g/mol. The molecule has 8 nitrogen and oxygen atoms in total. The molecular weight excluding hydrogens is 350 g/mol. The maximum absolute atomic E-state index is 13.2. The van der Waals surface area contributed by atoms with Crippen LogP contribution in [0.3, 0.4) is 0 Å². The average molecular weight is 375 g/mol. The van der Waals surface area contributed by atoms with E-state index in [1.165, 1.54) is 4.90 Å². The first-order chi connectivity index (χ1) is 12.9. The molecule has 0 radical (unpaired) electrons. The maximum atomic E-state index is 13.2. The molecule has 2 saturated heterocycles. The van der Waals surface area contributed by atoms with Gasteiger partial charge in [-0.15, -0.1) is 0 Å². The van der Waals surface area contributed by atoms with Crippen LogP contribution >= 0.6 is 0 Å². The Hall–Kier alpha value is -2.77. The van der Waals surface area contributed by atoms with Crippen LogP contribution in [0.25, 0.3) is 0 Å². The molecule has 1 unspecified atom stereocenters. The van der Waals surface area contributed by atoms with Gasteiger partial charge in [-0.1, -0.05) is 12.1 Å².